The SMILES string of the molecule is Cc1cccnc1CSc1n[nH]c(=O)n1C[C@H]1CCCO1. The molecule has 2 aromatic heterocycles. The Morgan fingerprint density at radius 2 is 2.48 bits per heavy atom. The highest BCUT2D eigenvalue weighted by molar-refractivity contribution is 7.98. The summed E-state index contributed by atoms with van der Waals surface area (Å²) in [6, 6.07) is 3.96. The van der Waals surface area contributed by atoms with Gasteiger partial charge < -0.3 is 4.74 Å². The Morgan fingerprint density at radius 1 is 1.57 bits per heavy atom. The van der Waals surface area contributed by atoms with E-state index in [1.54, 1.807) is 10.8 Å². The van der Waals surface area contributed by atoms with Crippen LogP contribution in [0.15, 0.2) is 28.3 Å². The molecule has 0 spiro atoms. The van der Waals surface area contributed by atoms with Crippen LogP contribution in [0, 0.1) is 6.92 Å². The van der Waals surface area contributed by atoms with Crippen molar-refractivity contribution < 1.29 is 4.74 Å². The molecule has 2 aromatic rings. The van der Waals surface area contributed by atoms with Gasteiger partial charge in [0, 0.05) is 18.6 Å². The largest absolute Gasteiger partial charge is 0.376 e. The smallest absolute Gasteiger partial charge is 0.344 e. The molecule has 112 valence electrons. The fourth-order valence-corrected chi connectivity index (χ4v) is 3.36. The minimum absolute atomic E-state index is 0.122. The molecule has 1 N–H and O–H groups in total. The number of ether oxygens (including phenoxy) is 1. The van der Waals surface area contributed by atoms with Gasteiger partial charge in [-0.2, -0.15) is 0 Å². The Hall–Kier alpha value is -1.60. The number of rotatable bonds is 5. The van der Waals surface area contributed by atoms with Crippen molar-refractivity contribution in [2.24, 2.45) is 0 Å². The van der Waals surface area contributed by atoms with Crippen LogP contribution in [0.5, 0.6) is 0 Å². The van der Waals surface area contributed by atoms with Crippen molar-refractivity contribution >= 4 is 11.8 Å². The van der Waals surface area contributed by atoms with Crippen molar-refractivity contribution in [3.05, 3.63) is 40.1 Å². The number of nitrogens with one attached hydrogen (secondary N) is 1. The van der Waals surface area contributed by atoms with Crippen LogP contribution in [0.3, 0.4) is 0 Å². The molecule has 0 bridgehead atoms. The second-order valence-corrected chi connectivity index (χ2v) is 6.06. The first kappa shape index (κ1) is 14.3. The summed E-state index contributed by atoms with van der Waals surface area (Å²) in [5, 5.41) is 7.33. The number of aromatic nitrogens is 4. The second kappa shape index (κ2) is 6.44. The number of nitrogens with zero attached hydrogens (tertiary/aromatic N) is 3. The summed E-state index contributed by atoms with van der Waals surface area (Å²) in [5.74, 6) is 0.697. The third-order valence-electron chi connectivity index (χ3n) is 3.59. The molecule has 1 fully saturated rings. The Kier molecular flexibility index (Phi) is 4.40. The number of aryl methyl sites for hydroxylation is 1. The molecule has 0 unspecified atom stereocenters. The molecular formula is C14H18N4O2S. The first-order valence-corrected chi connectivity index (χ1v) is 8.02. The lowest BCUT2D eigenvalue weighted by Gasteiger charge is -2.11. The van der Waals surface area contributed by atoms with Gasteiger partial charge in [0.2, 0.25) is 0 Å². The van der Waals surface area contributed by atoms with E-state index in [0.717, 1.165) is 30.7 Å². The highest BCUT2D eigenvalue weighted by Gasteiger charge is 2.19. The second-order valence-electron chi connectivity index (χ2n) is 5.11. The third kappa shape index (κ3) is 3.36. The van der Waals surface area contributed by atoms with Crippen LogP contribution in [-0.4, -0.2) is 32.5 Å². The zero-order valence-corrected chi connectivity index (χ0v) is 12.7. The summed E-state index contributed by atoms with van der Waals surface area (Å²) in [5.41, 5.74) is 1.99. The van der Waals surface area contributed by atoms with E-state index in [-0.39, 0.29) is 11.8 Å². The van der Waals surface area contributed by atoms with Crippen molar-refractivity contribution in [2.45, 2.75) is 43.3 Å². The maximum Gasteiger partial charge on any atom is 0.344 e. The standard InChI is InChI=1S/C14H18N4O2S/c1-10-4-2-6-15-12(10)9-21-14-17-16-13(19)18(14)8-11-5-3-7-20-11/h2,4,6,11H,3,5,7-9H2,1H3,(H,16,19)/t11-/m1/s1. The minimum Gasteiger partial charge on any atom is -0.376 e. The maximum atomic E-state index is 11.9. The number of thioether (sulfide) groups is 1. The lowest BCUT2D eigenvalue weighted by atomic mass is 10.2. The average Bonchev–Trinajstić information content (AvgIpc) is 3.11. The molecule has 3 rings (SSSR count). The number of pyridine rings is 1. The summed E-state index contributed by atoms with van der Waals surface area (Å²) >= 11 is 1.52. The van der Waals surface area contributed by atoms with Gasteiger partial charge in [0.25, 0.3) is 0 Å². The highest BCUT2D eigenvalue weighted by Crippen LogP contribution is 2.22. The summed E-state index contributed by atoms with van der Waals surface area (Å²) in [4.78, 5) is 16.2. The van der Waals surface area contributed by atoms with Crippen LogP contribution < -0.4 is 5.69 Å². The molecule has 3 heterocycles. The first-order valence-electron chi connectivity index (χ1n) is 7.04. The van der Waals surface area contributed by atoms with Gasteiger partial charge in [0.1, 0.15) is 0 Å². The van der Waals surface area contributed by atoms with E-state index >= 15 is 0 Å². The number of aromatic amines is 1. The Labute approximate surface area is 126 Å². The molecule has 0 radical (unpaired) electrons. The van der Waals surface area contributed by atoms with Gasteiger partial charge >= 0.3 is 5.69 Å². The van der Waals surface area contributed by atoms with Gasteiger partial charge in [0.15, 0.2) is 5.16 Å². The van der Waals surface area contributed by atoms with E-state index < -0.39 is 0 Å². The lowest BCUT2D eigenvalue weighted by molar-refractivity contribution is 0.0941. The number of hydrogen-bond acceptors (Lipinski definition) is 5. The van der Waals surface area contributed by atoms with Crippen LogP contribution in [0.2, 0.25) is 0 Å². The number of hydrogen-bond donors (Lipinski definition) is 1. The molecule has 1 aliphatic heterocycles. The molecule has 7 heteroatoms. The summed E-state index contributed by atoms with van der Waals surface area (Å²) in [6.45, 7) is 3.39. The molecule has 0 amide bonds. The van der Waals surface area contributed by atoms with E-state index in [9.17, 15) is 4.79 Å². The van der Waals surface area contributed by atoms with Gasteiger partial charge in [-0.3, -0.25) is 9.55 Å². The van der Waals surface area contributed by atoms with Crippen LogP contribution in [-0.2, 0) is 17.0 Å². The minimum atomic E-state index is -0.175. The Morgan fingerprint density at radius 3 is 3.24 bits per heavy atom. The summed E-state index contributed by atoms with van der Waals surface area (Å²) in [6.07, 6.45) is 3.97. The van der Waals surface area contributed by atoms with Crippen LogP contribution >= 0.6 is 11.8 Å². The zero-order valence-electron chi connectivity index (χ0n) is 11.9. The maximum absolute atomic E-state index is 11.9. The topological polar surface area (TPSA) is 72.8 Å². The van der Waals surface area contributed by atoms with E-state index in [4.69, 9.17) is 4.74 Å². The van der Waals surface area contributed by atoms with Crippen LogP contribution in [0.4, 0.5) is 0 Å². The molecular weight excluding hydrogens is 288 g/mol. The molecule has 0 aromatic carbocycles. The zero-order chi connectivity index (χ0) is 14.7. The molecule has 1 atom stereocenters. The average molecular weight is 306 g/mol. The van der Waals surface area contributed by atoms with Crippen molar-refractivity contribution in [2.75, 3.05) is 6.61 Å². The first-order chi connectivity index (χ1) is 10.2. The fourth-order valence-electron chi connectivity index (χ4n) is 2.37. The highest BCUT2D eigenvalue weighted by atomic mass is 32.2. The third-order valence-corrected chi connectivity index (χ3v) is 4.58. The van der Waals surface area contributed by atoms with Crippen LogP contribution in [0.1, 0.15) is 24.1 Å². The summed E-state index contributed by atoms with van der Waals surface area (Å²) < 4.78 is 7.26. The molecule has 21 heavy (non-hydrogen) atoms. The van der Waals surface area contributed by atoms with Crippen molar-refractivity contribution in [3.8, 4) is 0 Å². The van der Waals surface area contributed by atoms with Gasteiger partial charge in [-0.1, -0.05) is 17.8 Å². The van der Waals surface area contributed by atoms with Crippen LogP contribution in [0.25, 0.3) is 0 Å². The number of H-pyrrole nitrogens is 1. The van der Waals surface area contributed by atoms with E-state index in [2.05, 4.69) is 15.2 Å². The predicted molar refractivity (Wildman–Crippen MR) is 80.4 cm³/mol. The van der Waals surface area contributed by atoms with Gasteiger partial charge in [0.05, 0.1) is 18.3 Å². The molecule has 1 aliphatic rings. The fraction of sp³-hybridized carbons (Fsp3) is 0.500. The van der Waals surface area contributed by atoms with E-state index in [1.165, 1.54) is 11.8 Å². The molecule has 0 saturated carbocycles. The summed E-state index contributed by atoms with van der Waals surface area (Å²) in [7, 11) is 0. The quantitative estimate of drug-likeness (QED) is 0.852. The Balaban J connectivity index is 1.71. The van der Waals surface area contributed by atoms with Crippen molar-refractivity contribution in [3.63, 3.8) is 0 Å². The monoisotopic (exact) mass is 306 g/mol. The Bertz CT molecular complexity index is 661. The molecule has 6 nitrogen and oxygen atoms in total. The normalized spacial score (nSPS) is 18.2. The van der Waals surface area contributed by atoms with Crippen molar-refractivity contribution in [1.82, 2.24) is 19.7 Å². The van der Waals surface area contributed by atoms with Gasteiger partial charge in [-0.25, -0.2) is 9.89 Å². The van der Waals surface area contributed by atoms with Crippen molar-refractivity contribution in [1.29, 1.82) is 0 Å². The predicted octanol–water partition coefficient (Wildman–Crippen LogP) is 1.75. The molecule has 1 saturated heterocycles. The van der Waals surface area contributed by atoms with Gasteiger partial charge in [-0.15, -0.1) is 5.10 Å². The van der Waals surface area contributed by atoms with E-state index in [0.29, 0.717) is 17.5 Å². The van der Waals surface area contributed by atoms with Gasteiger partial charge in [-0.05, 0) is 31.4 Å². The van der Waals surface area contributed by atoms with E-state index in [1.807, 2.05) is 19.1 Å². The lowest BCUT2D eigenvalue weighted by Crippen LogP contribution is -2.25. The molecule has 0 aliphatic carbocycles.